The van der Waals surface area contributed by atoms with Crippen LogP contribution in [0.25, 0.3) is 11.4 Å². The summed E-state index contributed by atoms with van der Waals surface area (Å²) in [5.74, 6) is -1.79. The first-order chi connectivity index (χ1) is 7.58. The Labute approximate surface area is 89.5 Å². The minimum absolute atomic E-state index is 0.0275. The molecule has 0 aliphatic rings. The van der Waals surface area contributed by atoms with Gasteiger partial charge in [0.2, 0.25) is 5.82 Å². The van der Waals surface area contributed by atoms with Crippen molar-refractivity contribution in [3.63, 3.8) is 0 Å². The highest BCUT2D eigenvalue weighted by Gasteiger charge is 2.13. The Hall–Kier alpha value is -1.82. The molecule has 1 N–H and O–H groups in total. The molecule has 0 saturated heterocycles. The molecule has 2 aromatic rings. The SMILES string of the molecule is C[C@H](O)c1nc(-c2ccc(F)c(F)c2)no1. The maximum Gasteiger partial charge on any atom is 0.255 e. The van der Waals surface area contributed by atoms with Crippen molar-refractivity contribution in [2.24, 2.45) is 0 Å². The lowest BCUT2D eigenvalue weighted by molar-refractivity contribution is 0.152. The van der Waals surface area contributed by atoms with Gasteiger partial charge in [0, 0.05) is 5.56 Å². The van der Waals surface area contributed by atoms with E-state index in [4.69, 9.17) is 9.63 Å². The number of halogens is 2. The third-order valence-electron chi connectivity index (χ3n) is 1.98. The summed E-state index contributed by atoms with van der Waals surface area (Å²) in [5.41, 5.74) is 0.287. The topological polar surface area (TPSA) is 59.2 Å². The number of hydrogen-bond donors (Lipinski definition) is 1. The van der Waals surface area contributed by atoms with E-state index in [9.17, 15) is 8.78 Å². The third kappa shape index (κ3) is 1.92. The Morgan fingerprint density at radius 2 is 2.06 bits per heavy atom. The van der Waals surface area contributed by atoms with Gasteiger partial charge in [-0.1, -0.05) is 5.16 Å². The quantitative estimate of drug-likeness (QED) is 0.851. The van der Waals surface area contributed by atoms with Gasteiger partial charge in [0.1, 0.15) is 6.10 Å². The molecular weight excluding hydrogens is 218 g/mol. The van der Waals surface area contributed by atoms with E-state index in [1.54, 1.807) is 0 Å². The number of aliphatic hydroxyl groups excluding tert-OH is 1. The molecule has 0 unspecified atom stereocenters. The lowest BCUT2D eigenvalue weighted by Gasteiger charge is -1.95. The first-order valence-electron chi connectivity index (χ1n) is 4.55. The summed E-state index contributed by atoms with van der Waals surface area (Å²) in [6.07, 6.45) is -0.897. The monoisotopic (exact) mass is 226 g/mol. The molecule has 2 rings (SSSR count). The first kappa shape index (κ1) is 10.7. The predicted molar refractivity (Wildman–Crippen MR) is 50.3 cm³/mol. The third-order valence-corrected chi connectivity index (χ3v) is 1.98. The maximum atomic E-state index is 12.9. The number of rotatable bonds is 2. The zero-order valence-corrected chi connectivity index (χ0v) is 8.32. The largest absolute Gasteiger partial charge is 0.384 e. The van der Waals surface area contributed by atoms with Crippen molar-refractivity contribution in [2.75, 3.05) is 0 Å². The molecule has 1 heterocycles. The van der Waals surface area contributed by atoms with E-state index in [0.717, 1.165) is 12.1 Å². The van der Waals surface area contributed by atoms with E-state index in [1.165, 1.54) is 13.0 Å². The molecule has 0 saturated carbocycles. The average molecular weight is 226 g/mol. The van der Waals surface area contributed by atoms with Crippen LogP contribution in [0.15, 0.2) is 22.7 Å². The number of nitrogens with zero attached hydrogens (tertiary/aromatic N) is 2. The number of benzene rings is 1. The van der Waals surface area contributed by atoms with Gasteiger partial charge in [-0.15, -0.1) is 0 Å². The van der Waals surface area contributed by atoms with Gasteiger partial charge in [0.15, 0.2) is 11.6 Å². The lowest BCUT2D eigenvalue weighted by atomic mass is 10.2. The van der Waals surface area contributed by atoms with E-state index in [2.05, 4.69) is 10.1 Å². The highest BCUT2D eigenvalue weighted by Crippen LogP contribution is 2.20. The highest BCUT2D eigenvalue weighted by molar-refractivity contribution is 5.54. The van der Waals surface area contributed by atoms with E-state index in [1.807, 2.05) is 0 Å². The van der Waals surface area contributed by atoms with E-state index >= 15 is 0 Å². The van der Waals surface area contributed by atoms with Crippen LogP contribution in [0.1, 0.15) is 18.9 Å². The van der Waals surface area contributed by atoms with Crippen LogP contribution >= 0.6 is 0 Å². The zero-order chi connectivity index (χ0) is 11.7. The number of aromatic nitrogens is 2. The van der Waals surface area contributed by atoms with E-state index in [0.29, 0.717) is 0 Å². The molecule has 16 heavy (non-hydrogen) atoms. The Balaban J connectivity index is 2.39. The van der Waals surface area contributed by atoms with Crippen LogP contribution in [0.2, 0.25) is 0 Å². The van der Waals surface area contributed by atoms with Crippen LogP contribution in [0.4, 0.5) is 8.78 Å². The van der Waals surface area contributed by atoms with Crippen molar-refractivity contribution in [3.8, 4) is 11.4 Å². The van der Waals surface area contributed by atoms with Crippen LogP contribution in [-0.4, -0.2) is 15.2 Å². The van der Waals surface area contributed by atoms with Crippen molar-refractivity contribution >= 4 is 0 Å². The Bertz CT molecular complexity index is 511. The van der Waals surface area contributed by atoms with Gasteiger partial charge in [-0.3, -0.25) is 0 Å². The molecule has 1 aromatic heterocycles. The molecule has 0 bridgehead atoms. The van der Waals surface area contributed by atoms with Crippen molar-refractivity contribution < 1.29 is 18.4 Å². The van der Waals surface area contributed by atoms with Gasteiger partial charge in [-0.25, -0.2) is 8.78 Å². The minimum atomic E-state index is -0.985. The lowest BCUT2D eigenvalue weighted by Crippen LogP contribution is -1.91. The number of hydrogen-bond acceptors (Lipinski definition) is 4. The van der Waals surface area contributed by atoms with Crippen LogP contribution in [-0.2, 0) is 0 Å². The summed E-state index contributed by atoms with van der Waals surface area (Å²) in [4.78, 5) is 3.83. The second-order valence-corrected chi connectivity index (χ2v) is 3.26. The molecular formula is C10H8F2N2O2. The van der Waals surface area contributed by atoms with Crippen LogP contribution < -0.4 is 0 Å². The Kier molecular flexibility index (Phi) is 2.66. The summed E-state index contributed by atoms with van der Waals surface area (Å²) >= 11 is 0. The van der Waals surface area contributed by atoms with Crippen molar-refractivity contribution in [1.82, 2.24) is 10.1 Å². The molecule has 0 aliphatic carbocycles. The van der Waals surface area contributed by atoms with Crippen LogP contribution in [0.3, 0.4) is 0 Å². The molecule has 0 aliphatic heterocycles. The zero-order valence-electron chi connectivity index (χ0n) is 8.32. The van der Waals surface area contributed by atoms with Gasteiger partial charge in [-0.05, 0) is 25.1 Å². The number of aliphatic hydroxyl groups is 1. The second-order valence-electron chi connectivity index (χ2n) is 3.26. The van der Waals surface area contributed by atoms with Gasteiger partial charge < -0.3 is 9.63 Å². The van der Waals surface area contributed by atoms with E-state index < -0.39 is 17.7 Å². The van der Waals surface area contributed by atoms with Crippen LogP contribution in [0.5, 0.6) is 0 Å². The van der Waals surface area contributed by atoms with Crippen molar-refractivity contribution in [3.05, 3.63) is 35.7 Å². The summed E-state index contributed by atoms with van der Waals surface area (Å²) in [6.45, 7) is 1.46. The van der Waals surface area contributed by atoms with Gasteiger partial charge in [0.05, 0.1) is 0 Å². The van der Waals surface area contributed by atoms with Crippen molar-refractivity contribution in [2.45, 2.75) is 13.0 Å². The first-order valence-corrected chi connectivity index (χ1v) is 4.55. The highest BCUT2D eigenvalue weighted by atomic mass is 19.2. The molecule has 0 spiro atoms. The van der Waals surface area contributed by atoms with Gasteiger partial charge >= 0.3 is 0 Å². The predicted octanol–water partition coefficient (Wildman–Crippen LogP) is 2.07. The second kappa shape index (κ2) is 3.97. The standard InChI is InChI=1S/C10H8F2N2O2/c1-5(15)10-13-9(14-16-10)6-2-3-7(11)8(12)4-6/h2-5,15H,1H3/t5-/m0/s1. The molecule has 6 heteroatoms. The van der Waals surface area contributed by atoms with Gasteiger partial charge in [-0.2, -0.15) is 4.98 Å². The normalized spacial score (nSPS) is 12.8. The molecule has 84 valence electrons. The van der Waals surface area contributed by atoms with Crippen LogP contribution in [0, 0.1) is 11.6 Å². The maximum absolute atomic E-state index is 12.9. The minimum Gasteiger partial charge on any atom is -0.384 e. The summed E-state index contributed by atoms with van der Waals surface area (Å²) in [7, 11) is 0. The van der Waals surface area contributed by atoms with E-state index in [-0.39, 0.29) is 17.3 Å². The van der Waals surface area contributed by atoms with Gasteiger partial charge in [0.25, 0.3) is 5.89 Å². The Morgan fingerprint density at radius 3 is 2.62 bits per heavy atom. The average Bonchev–Trinajstić information content (AvgIpc) is 2.71. The Morgan fingerprint density at radius 1 is 1.31 bits per heavy atom. The van der Waals surface area contributed by atoms with Crippen molar-refractivity contribution in [1.29, 1.82) is 0 Å². The smallest absolute Gasteiger partial charge is 0.255 e. The summed E-state index contributed by atoms with van der Waals surface area (Å²) in [5, 5.41) is 12.7. The molecule has 0 amide bonds. The fourth-order valence-electron chi connectivity index (χ4n) is 1.16. The molecule has 1 aromatic carbocycles. The molecule has 0 fully saturated rings. The molecule has 0 radical (unpaired) electrons. The molecule has 4 nitrogen and oxygen atoms in total. The summed E-state index contributed by atoms with van der Waals surface area (Å²) in [6, 6.07) is 3.27. The fraction of sp³-hybridized carbons (Fsp3) is 0.200. The summed E-state index contributed by atoms with van der Waals surface area (Å²) < 4.78 is 30.3. The fourth-order valence-corrected chi connectivity index (χ4v) is 1.16. The molecule has 1 atom stereocenters.